The highest BCUT2D eigenvalue weighted by atomic mass is 16.5. The number of piperazine rings is 1. The van der Waals surface area contributed by atoms with Crippen LogP contribution in [0.5, 0.6) is 0 Å². The van der Waals surface area contributed by atoms with Gasteiger partial charge in [0.05, 0.1) is 11.0 Å². The summed E-state index contributed by atoms with van der Waals surface area (Å²) in [6.07, 6.45) is 14.3. The minimum atomic E-state index is -0.803. The van der Waals surface area contributed by atoms with Gasteiger partial charge in [-0.3, -0.25) is 28.6 Å². The van der Waals surface area contributed by atoms with E-state index in [1.54, 1.807) is 14.1 Å². The van der Waals surface area contributed by atoms with Crippen molar-refractivity contribution < 1.29 is 28.7 Å². The maximum absolute atomic E-state index is 14.6. The molecule has 3 amide bonds. The average Bonchev–Trinajstić information content (AvgIpc) is 3.76. The zero-order chi connectivity index (χ0) is 47.3. The lowest BCUT2D eigenvalue weighted by atomic mass is 9.89. The number of nitrogens with zero attached hydrogens (tertiary/aromatic N) is 7. The molecule has 3 aliphatic rings. The number of benzene rings is 2. The molecule has 364 valence electrons. The first kappa shape index (κ1) is 49.6. The number of hydrogen-bond donors (Lipinski definition) is 1. The SMILES string of the molecule is CCCCCCCC(=O)OCn1cc2cc(CC(NC(=O)N3CCC(c4cc5ccccc5n(COC(=O)CCCCC)c4=O)CC3)C(=O)N3CCN(C4CCN(C)CC4)CC3)cc(C)c2n1. The van der Waals surface area contributed by atoms with Gasteiger partial charge in [-0.1, -0.05) is 76.6 Å². The van der Waals surface area contributed by atoms with Crippen LogP contribution in [0.2, 0.25) is 0 Å². The third-order valence-corrected chi connectivity index (χ3v) is 14.2. The molecule has 0 spiro atoms. The third kappa shape index (κ3) is 13.2. The van der Waals surface area contributed by atoms with Crippen molar-refractivity contribution in [3.63, 3.8) is 0 Å². The van der Waals surface area contributed by atoms with Gasteiger partial charge in [0.25, 0.3) is 5.56 Å². The molecule has 0 radical (unpaired) electrons. The third-order valence-electron chi connectivity index (χ3n) is 14.2. The number of hydrogen-bond acceptors (Lipinski definition) is 10. The van der Waals surface area contributed by atoms with Crippen LogP contribution < -0.4 is 10.9 Å². The fraction of sp³-hybridized carbons (Fsp3) is 0.615. The number of ether oxygens (including phenoxy) is 2. The Hall–Kier alpha value is -5.28. The maximum Gasteiger partial charge on any atom is 0.318 e. The Balaban J connectivity index is 1.02. The van der Waals surface area contributed by atoms with Crippen LogP contribution in [0.15, 0.2) is 53.5 Å². The van der Waals surface area contributed by atoms with Gasteiger partial charge < -0.3 is 29.5 Å². The van der Waals surface area contributed by atoms with Gasteiger partial charge in [-0.25, -0.2) is 9.48 Å². The quantitative estimate of drug-likeness (QED) is 0.0705. The number of amides is 3. The van der Waals surface area contributed by atoms with E-state index in [1.807, 2.05) is 60.5 Å². The monoisotopic (exact) mass is 923 g/mol. The number of unbranched alkanes of at least 4 members (excludes halogenated alkanes) is 6. The molecule has 67 heavy (non-hydrogen) atoms. The standard InChI is InChI=1S/C52H74N8O7/c1-5-7-9-10-12-18-47(61)66-36-59-35-42-32-39(31-38(3)49(42)54-59)33-45(51(64)57-29-27-56(28-30-57)43-21-23-55(4)24-22-43)53-52(65)58-25-19-40(20-26-58)44-34-41-15-13-14-16-46(41)60(50(44)63)37-67-48(62)17-11-8-6-2/h13-16,31-32,34-35,40,43,45H,5-12,17-30,33,36-37H2,1-4H3,(H,53,65). The molecular weight excluding hydrogens is 849 g/mol. The first-order chi connectivity index (χ1) is 32.5. The molecule has 2 aromatic heterocycles. The van der Waals surface area contributed by atoms with Gasteiger partial charge in [0.2, 0.25) is 5.91 Å². The number of rotatable bonds is 20. The number of esters is 2. The van der Waals surface area contributed by atoms with Crippen molar-refractivity contribution in [2.75, 3.05) is 59.4 Å². The van der Waals surface area contributed by atoms with Crippen LogP contribution in [0.4, 0.5) is 4.79 Å². The lowest BCUT2D eigenvalue weighted by Gasteiger charge is -2.43. The second-order valence-corrected chi connectivity index (χ2v) is 19.2. The predicted molar refractivity (Wildman–Crippen MR) is 261 cm³/mol. The number of pyridine rings is 1. The van der Waals surface area contributed by atoms with E-state index >= 15 is 0 Å². The first-order valence-corrected chi connectivity index (χ1v) is 25.2. The number of para-hydroxylation sites is 1. The van der Waals surface area contributed by atoms with Crippen LogP contribution in [0.3, 0.4) is 0 Å². The number of aromatic nitrogens is 3. The highest BCUT2D eigenvalue weighted by Gasteiger charge is 2.34. The van der Waals surface area contributed by atoms with E-state index in [0.717, 1.165) is 111 Å². The largest absolute Gasteiger partial charge is 0.444 e. The lowest BCUT2D eigenvalue weighted by Crippen LogP contribution is -2.59. The van der Waals surface area contributed by atoms with Crippen molar-refractivity contribution in [1.82, 2.24) is 39.3 Å². The molecule has 3 saturated heterocycles. The lowest BCUT2D eigenvalue weighted by molar-refractivity contribution is -0.148. The van der Waals surface area contributed by atoms with Crippen molar-refractivity contribution in [3.05, 3.63) is 75.7 Å². The van der Waals surface area contributed by atoms with Gasteiger partial charge in [-0.05, 0) is 106 Å². The van der Waals surface area contributed by atoms with Crippen LogP contribution in [-0.4, -0.2) is 129 Å². The van der Waals surface area contributed by atoms with Crippen LogP contribution in [0.1, 0.15) is 126 Å². The van der Waals surface area contributed by atoms with E-state index in [0.29, 0.717) is 75.4 Å². The summed E-state index contributed by atoms with van der Waals surface area (Å²) in [6, 6.07) is 13.1. The van der Waals surface area contributed by atoms with Gasteiger partial charge >= 0.3 is 18.0 Å². The number of aryl methyl sites for hydroxylation is 1. The average molecular weight is 923 g/mol. The van der Waals surface area contributed by atoms with Crippen molar-refractivity contribution in [2.24, 2.45) is 0 Å². The predicted octanol–water partition coefficient (Wildman–Crippen LogP) is 7.34. The normalized spacial score (nSPS) is 17.3. The molecule has 5 heterocycles. The zero-order valence-electron chi connectivity index (χ0n) is 40.5. The molecule has 7 rings (SSSR count). The highest BCUT2D eigenvalue weighted by molar-refractivity contribution is 5.88. The van der Waals surface area contributed by atoms with Gasteiger partial charge in [-0.15, -0.1) is 0 Å². The second kappa shape index (κ2) is 24.1. The number of urea groups is 1. The summed E-state index contributed by atoms with van der Waals surface area (Å²) < 4.78 is 14.4. The fourth-order valence-electron chi connectivity index (χ4n) is 10.2. The summed E-state index contributed by atoms with van der Waals surface area (Å²) in [7, 11) is 2.17. The van der Waals surface area contributed by atoms with Crippen LogP contribution in [0, 0.1) is 6.92 Å². The number of likely N-dealkylation sites (tertiary alicyclic amines) is 2. The van der Waals surface area contributed by atoms with E-state index in [1.165, 1.54) is 6.42 Å². The molecule has 0 aliphatic carbocycles. The molecule has 15 heteroatoms. The smallest absolute Gasteiger partial charge is 0.318 e. The Morgan fingerprint density at radius 1 is 0.746 bits per heavy atom. The van der Waals surface area contributed by atoms with E-state index in [-0.39, 0.29) is 48.8 Å². The van der Waals surface area contributed by atoms with Gasteiger partial charge in [0.15, 0.2) is 13.5 Å². The molecule has 1 unspecified atom stereocenters. The van der Waals surface area contributed by atoms with E-state index in [9.17, 15) is 24.0 Å². The van der Waals surface area contributed by atoms with Crippen LogP contribution in [0.25, 0.3) is 21.8 Å². The second-order valence-electron chi connectivity index (χ2n) is 19.2. The van der Waals surface area contributed by atoms with Gasteiger partial charge in [0.1, 0.15) is 6.04 Å². The van der Waals surface area contributed by atoms with Gasteiger partial charge in [-0.2, -0.15) is 5.10 Å². The van der Waals surface area contributed by atoms with Crippen molar-refractivity contribution in [3.8, 4) is 0 Å². The van der Waals surface area contributed by atoms with Crippen LogP contribution >= 0.6 is 0 Å². The Morgan fingerprint density at radius 3 is 2.12 bits per heavy atom. The maximum atomic E-state index is 14.6. The van der Waals surface area contributed by atoms with E-state index in [4.69, 9.17) is 14.6 Å². The Morgan fingerprint density at radius 2 is 1.40 bits per heavy atom. The summed E-state index contributed by atoms with van der Waals surface area (Å²) >= 11 is 0. The van der Waals surface area contributed by atoms with Crippen molar-refractivity contribution >= 4 is 45.7 Å². The van der Waals surface area contributed by atoms with Gasteiger partial charge in [0, 0.05) is 81.7 Å². The Kier molecular flexibility index (Phi) is 17.9. The molecule has 3 fully saturated rings. The molecule has 2 aromatic carbocycles. The summed E-state index contributed by atoms with van der Waals surface area (Å²) in [5.74, 6) is -0.734. The number of carbonyl (C=O) groups is 4. The summed E-state index contributed by atoms with van der Waals surface area (Å²) in [5.41, 5.74) is 3.80. The number of piperidine rings is 2. The first-order valence-electron chi connectivity index (χ1n) is 25.2. The molecule has 4 aromatic rings. The van der Waals surface area contributed by atoms with E-state index < -0.39 is 6.04 Å². The molecule has 0 saturated carbocycles. The fourth-order valence-corrected chi connectivity index (χ4v) is 10.2. The van der Waals surface area contributed by atoms with Crippen molar-refractivity contribution in [1.29, 1.82) is 0 Å². The zero-order valence-corrected chi connectivity index (χ0v) is 40.5. The summed E-state index contributed by atoms with van der Waals surface area (Å²) in [4.78, 5) is 76.5. The number of carbonyl (C=O) groups excluding carboxylic acids is 4. The molecule has 3 aliphatic heterocycles. The molecule has 15 nitrogen and oxygen atoms in total. The Labute approximate surface area is 396 Å². The molecule has 0 bridgehead atoms. The number of fused-ring (bicyclic) bond motifs is 2. The van der Waals surface area contributed by atoms with Crippen LogP contribution in [-0.2, 0) is 43.7 Å². The minimum absolute atomic E-state index is 0.0280. The minimum Gasteiger partial charge on any atom is -0.444 e. The highest BCUT2D eigenvalue weighted by Crippen LogP contribution is 2.29. The Bertz CT molecular complexity index is 2350. The number of nitrogens with one attached hydrogen (secondary N) is 1. The molecule has 1 N–H and O–H groups in total. The summed E-state index contributed by atoms with van der Waals surface area (Å²) in [6.45, 7) is 11.9. The summed E-state index contributed by atoms with van der Waals surface area (Å²) in [5, 5.41) is 9.65. The molecular formula is C52H74N8O7. The van der Waals surface area contributed by atoms with E-state index in [2.05, 4.69) is 36.0 Å². The molecule has 1 atom stereocenters. The topological polar surface area (TPSA) is 152 Å². The van der Waals surface area contributed by atoms with Crippen molar-refractivity contribution in [2.45, 2.75) is 149 Å².